The minimum atomic E-state index is 0.450. The summed E-state index contributed by atoms with van der Waals surface area (Å²) >= 11 is 5.91. The van der Waals surface area contributed by atoms with Gasteiger partial charge in [0.15, 0.2) is 0 Å². The van der Waals surface area contributed by atoms with Gasteiger partial charge in [-0.15, -0.1) is 11.6 Å². The van der Waals surface area contributed by atoms with E-state index in [2.05, 4.69) is 19.1 Å². The van der Waals surface area contributed by atoms with Crippen molar-refractivity contribution in [3.05, 3.63) is 12.2 Å². The molecule has 1 rings (SSSR count). The molecule has 0 N–H and O–H groups in total. The van der Waals surface area contributed by atoms with E-state index in [0.29, 0.717) is 5.38 Å². The number of hydrogen-bond acceptors (Lipinski definition) is 0. The lowest BCUT2D eigenvalue weighted by molar-refractivity contribution is 0.686. The highest BCUT2D eigenvalue weighted by atomic mass is 35.5. The van der Waals surface area contributed by atoms with Gasteiger partial charge in [0.25, 0.3) is 0 Å². The van der Waals surface area contributed by atoms with Gasteiger partial charge in [0.2, 0.25) is 0 Å². The van der Waals surface area contributed by atoms with E-state index in [4.69, 9.17) is 11.6 Å². The van der Waals surface area contributed by atoms with Crippen LogP contribution in [0.1, 0.15) is 26.2 Å². The van der Waals surface area contributed by atoms with Crippen LogP contribution in [0.15, 0.2) is 12.2 Å². The lowest BCUT2D eigenvalue weighted by atomic mass is 10.1. The van der Waals surface area contributed by atoms with Gasteiger partial charge in [-0.2, -0.15) is 0 Å². The zero-order valence-corrected chi connectivity index (χ0v) is 6.56. The van der Waals surface area contributed by atoms with Gasteiger partial charge in [0, 0.05) is 5.38 Å². The Kier molecular flexibility index (Phi) is 2.59. The van der Waals surface area contributed by atoms with Crippen LogP contribution in [0.4, 0.5) is 0 Å². The third-order valence-corrected chi connectivity index (χ3v) is 2.27. The van der Waals surface area contributed by atoms with Crippen molar-refractivity contribution in [3.8, 4) is 0 Å². The van der Waals surface area contributed by atoms with Gasteiger partial charge in [0.05, 0.1) is 0 Å². The number of rotatable bonds is 1. The molecule has 0 aromatic carbocycles. The SMILES string of the molecule is CC=CC1CCC(Cl)C1. The summed E-state index contributed by atoms with van der Waals surface area (Å²) in [5.74, 6) is 0.775. The van der Waals surface area contributed by atoms with Crippen LogP contribution < -0.4 is 0 Å². The lowest BCUT2D eigenvalue weighted by Gasteiger charge is -1.98. The van der Waals surface area contributed by atoms with Crippen molar-refractivity contribution in [2.75, 3.05) is 0 Å². The molecule has 0 bridgehead atoms. The van der Waals surface area contributed by atoms with E-state index in [1.165, 1.54) is 19.3 Å². The van der Waals surface area contributed by atoms with E-state index in [1.54, 1.807) is 0 Å². The largest absolute Gasteiger partial charge is 0.123 e. The van der Waals surface area contributed by atoms with Gasteiger partial charge < -0.3 is 0 Å². The number of hydrogen-bond donors (Lipinski definition) is 0. The minimum absolute atomic E-state index is 0.450. The summed E-state index contributed by atoms with van der Waals surface area (Å²) in [4.78, 5) is 0. The van der Waals surface area contributed by atoms with Crippen molar-refractivity contribution in [2.45, 2.75) is 31.6 Å². The summed E-state index contributed by atoms with van der Waals surface area (Å²) in [7, 11) is 0. The van der Waals surface area contributed by atoms with E-state index >= 15 is 0 Å². The molecule has 0 radical (unpaired) electrons. The highest BCUT2D eigenvalue weighted by Crippen LogP contribution is 2.29. The fourth-order valence-electron chi connectivity index (χ4n) is 1.41. The van der Waals surface area contributed by atoms with Crippen molar-refractivity contribution < 1.29 is 0 Å². The molecule has 1 heteroatoms. The summed E-state index contributed by atoms with van der Waals surface area (Å²) in [5.41, 5.74) is 0. The van der Waals surface area contributed by atoms with E-state index in [9.17, 15) is 0 Å². The molecule has 9 heavy (non-hydrogen) atoms. The maximum Gasteiger partial charge on any atom is 0.0341 e. The lowest BCUT2D eigenvalue weighted by Crippen LogP contribution is -1.89. The van der Waals surface area contributed by atoms with Crippen LogP contribution in [0.3, 0.4) is 0 Å². The Labute approximate surface area is 61.9 Å². The van der Waals surface area contributed by atoms with Gasteiger partial charge in [-0.1, -0.05) is 12.2 Å². The molecule has 0 saturated heterocycles. The van der Waals surface area contributed by atoms with Crippen molar-refractivity contribution in [1.82, 2.24) is 0 Å². The first-order chi connectivity index (χ1) is 4.33. The van der Waals surface area contributed by atoms with E-state index in [1.807, 2.05) is 0 Å². The van der Waals surface area contributed by atoms with Crippen LogP contribution in [-0.4, -0.2) is 5.38 Å². The number of alkyl halides is 1. The molecule has 0 aromatic rings. The fourth-order valence-corrected chi connectivity index (χ4v) is 1.76. The number of allylic oxidation sites excluding steroid dienone is 2. The maximum atomic E-state index is 5.91. The average Bonchev–Trinajstić information content (AvgIpc) is 2.17. The molecule has 0 aromatic heterocycles. The summed E-state index contributed by atoms with van der Waals surface area (Å²) < 4.78 is 0. The molecule has 0 spiro atoms. The predicted octanol–water partition coefficient (Wildman–Crippen LogP) is 2.97. The van der Waals surface area contributed by atoms with Gasteiger partial charge >= 0.3 is 0 Å². The molecule has 1 saturated carbocycles. The monoisotopic (exact) mass is 144 g/mol. The standard InChI is InChI=1S/C8H13Cl/c1-2-3-7-4-5-8(9)6-7/h2-3,7-8H,4-6H2,1H3. The van der Waals surface area contributed by atoms with Crippen LogP contribution in [0, 0.1) is 5.92 Å². The Hall–Kier alpha value is 0.0300. The molecule has 52 valence electrons. The Morgan fingerprint density at radius 1 is 1.44 bits per heavy atom. The first-order valence-corrected chi connectivity index (χ1v) is 4.03. The zero-order chi connectivity index (χ0) is 6.69. The second kappa shape index (κ2) is 3.26. The van der Waals surface area contributed by atoms with Gasteiger partial charge in [-0.3, -0.25) is 0 Å². The second-order valence-corrected chi connectivity index (χ2v) is 3.31. The van der Waals surface area contributed by atoms with Crippen molar-refractivity contribution in [1.29, 1.82) is 0 Å². The third-order valence-electron chi connectivity index (χ3n) is 1.87. The molecule has 1 aliphatic carbocycles. The molecule has 0 aliphatic heterocycles. The van der Waals surface area contributed by atoms with E-state index in [-0.39, 0.29) is 0 Å². The fraction of sp³-hybridized carbons (Fsp3) is 0.750. The molecule has 1 aliphatic rings. The second-order valence-electron chi connectivity index (χ2n) is 2.70. The molecular weight excluding hydrogens is 132 g/mol. The van der Waals surface area contributed by atoms with Crippen LogP contribution >= 0.6 is 11.6 Å². The molecule has 0 nitrogen and oxygen atoms in total. The molecule has 2 unspecified atom stereocenters. The summed E-state index contributed by atoms with van der Waals surface area (Å²) in [5, 5.41) is 0.450. The minimum Gasteiger partial charge on any atom is -0.123 e. The first-order valence-electron chi connectivity index (χ1n) is 3.60. The number of halogens is 1. The van der Waals surface area contributed by atoms with Crippen molar-refractivity contribution in [2.24, 2.45) is 5.92 Å². The quantitative estimate of drug-likeness (QED) is 0.392. The summed E-state index contributed by atoms with van der Waals surface area (Å²) in [6, 6.07) is 0. The van der Waals surface area contributed by atoms with Gasteiger partial charge in [-0.25, -0.2) is 0 Å². The Bertz CT molecular complexity index is 107. The predicted molar refractivity (Wildman–Crippen MR) is 41.8 cm³/mol. The molecular formula is C8H13Cl. The van der Waals surface area contributed by atoms with Crippen LogP contribution in [-0.2, 0) is 0 Å². The maximum absolute atomic E-state index is 5.91. The molecule has 0 heterocycles. The van der Waals surface area contributed by atoms with E-state index < -0.39 is 0 Å². The third kappa shape index (κ3) is 2.02. The Balaban J connectivity index is 2.30. The smallest absolute Gasteiger partial charge is 0.0341 e. The van der Waals surface area contributed by atoms with Crippen molar-refractivity contribution >= 4 is 11.6 Å². The topological polar surface area (TPSA) is 0 Å². The normalized spacial score (nSPS) is 36.2. The van der Waals surface area contributed by atoms with Gasteiger partial charge in [-0.05, 0) is 32.1 Å². The van der Waals surface area contributed by atoms with Gasteiger partial charge in [0.1, 0.15) is 0 Å². The first kappa shape index (κ1) is 7.14. The van der Waals surface area contributed by atoms with Crippen LogP contribution in [0.25, 0.3) is 0 Å². The van der Waals surface area contributed by atoms with Crippen LogP contribution in [0.5, 0.6) is 0 Å². The molecule has 0 amide bonds. The zero-order valence-electron chi connectivity index (χ0n) is 5.81. The Morgan fingerprint density at radius 3 is 2.67 bits per heavy atom. The molecule has 1 fully saturated rings. The average molecular weight is 145 g/mol. The molecule has 2 atom stereocenters. The van der Waals surface area contributed by atoms with Crippen LogP contribution in [0.2, 0.25) is 0 Å². The highest BCUT2D eigenvalue weighted by Gasteiger charge is 2.19. The summed E-state index contributed by atoms with van der Waals surface area (Å²) in [6.45, 7) is 2.07. The van der Waals surface area contributed by atoms with Crippen molar-refractivity contribution in [3.63, 3.8) is 0 Å². The Morgan fingerprint density at radius 2 is 2.22 bits per heavy atom. The summed E-state index contributed by atoms with van der Waals surface area (Å²) in [6.07, 6.45) is 8.07. The van der Waals surface area contributed by atoms with E-state index in [0.717, 1.165) is 5.92 Å². The highest BCUT2D eigenvalue weighted by molar-refractivity contribution is 6.20.